The van der Waals surface area contributed by atoms with E-state index in [1.165, 1.54) is 0 Å². The molecule has 0 amide bonds. The largest absolute Gasteiger partial charge is 0.507 e. The van der Waals surface area contributed by atoms with E-state index < -0.39 is 27.4 Å². The summed E-state index contributed by atoms with van der Waals surface area (Å²) in [6, 6.07) is 31.9. The maximum Gasteiger partial charge on any atom is 0.261 e. The van der Waals surface area contributed by atoms with E-state index in [2.05, 4.69) is 103 Å². The normalized spacial score (nSPS) is 13.7. The first-order valence-corrected chi connectivity index (χ1v) is 23.0. The number of methoxy groups -OCH3 is 1. The molecule has 1 atom stereocenters. The molecule has 0 heterocycles. The molecule has 1 N–H and O–H groups in total. The average Bonchev–Trinajstić information content (AvgIpc) is 3.06. The molecule has 4 rings (SSSR count). The van der Waals surface area contributed by atoms with Gasteiger partial charge in [-0.1, -0.05) is 120 Å². The Bertz CT molecular complexity index is 1720. The summed E-state index contributed by atoms with van der Waals surface area (Å²) in [5, 5.41) is 13.8. The van der Waals surface area contributed by atoms with E-state index in [0.717, 1.165) is 15.9 Å². The SMILES string of the molecule is COCOc1cc(O)c(/C(=C\CO[Si](C)(C)C(C)(C)C)S(=O)c2ccc(C)cc2)c(CO[Si](c2ccccc2)(c2ccccc2)C(C)(C)C)c1. The number of phenols is 1. The van der Waals surface area contributed by atoms with Crippen molar-refractivity contribution in [3.63, 3.8) is 0 Å². The van der Waals surface area contributed by atoms with E-state index in [1.807, 2.05) is 55.5 Å². The van der Waals surface area contributed by atoms with Crippen LogP contribution in [0.4, 0.5) is 0 Å². The van der Waals surface area contributed by atoms with Gasteiger partial charge in [0.15, 0.2) is 15.1 Å². The van der Waals surface area contributed by atoms with Gasteiger partial charge in [0.2, 0.25) is 0 Å². The highest BCUT2D eigenvalue weighted by Crippen LogP contribution is 2.42. The molecule has 0 aromatic heterocycles. The summed E-state index contributed by atoms with van der Waals surface area (Å²) in [6.07, 6.45) is 1.87. The molecule has 4 aromatic rings. The van der Waals surface area contributed by atoms with E-state index >= 15 is 0 Å². The van der Waals surface area contributed by atoms with Crippen LogP contribution in [0.15, 0.2) is 108 Å². The van der Waals surface area contributed by atoms with Crippen molar-refractivity contribution in [3.05, 3.63) is 120 Å². The Morgan fingerprint density at radius 3 is 1.86 bits per heavy atom. The number of rotatable bonds is 14. The first-order valence-electron chi connectivity index (χ1n) is 17.1. The highest BCUT2D eigenvalue weighted by Gasteiger charge is 2.50. The molecule has 0 fully saturated rings. The first kappa shape index (κ1) is 39.5. The summed E-state index contributed by atoms with van der Waals surface area (Å²) >= 11 is 0. The Kier molecular flexibility index (Phi) is 12.9. The van der Waals surface area contributed by atoms with E-state index in [0.29, 0.717) is 26.7 Å². The van der Waals surface area contributed by atoms with Crippen molar-refractivity contribution in [2.75, 3.05) is 20.5 Å². The van der Waals surface area contributed by atoms with E-state index in [-0.39, 0.29) is 35.8 Å². The standard InChI is InChI=1S/C41H54O6SSi2/c1-31-21-23-34(24-22-31)48(43)38(25-26-46-49(9,10)40(2,3)4)39-32(27-33(28-37(39)42)45-30-44-8)29-47-50(41(5,6)7,35-17-13-11-14-18-35)36-19-15-12-16-20-36/h11-25,27-28,42H,26,29-30H2,1-10H3/b38-25+. The number of aromatic hydroxyl groups is 1. The zero-order valence-corrected chi connectivity index (χ0v) is 34.1. The average molecular weight is 731 g/mol. The maximum atomic E-state index is 14.6. The molecule has 0 saturated heterocycles. The van der Waals surface area contributed by atoms with Crippen molar-refractivity contribution in [2.45, 2.75) is 83.1 Å². The lowest BCUT2D eigenvalue weighted by molar-refractivity contribution is 0.0508. The van der Waals surface area contributed by atoms with Crippen LogP contribution >= 0.6 is 0 Å². The number of benzene rings is 4. The number of ether oxygens (including phenoxy) is 2. The highest BCUT2D eigenvalue weighted by molar-refractivity contribution is 7.94. The topological polar surface area (TPSA) is 74.2 Å². The van der Waals surface area contributed by atoms with Crippen LogP contribution in [0.3, 0.4) is 0 Å². The van der Waals surface area contributed by atoms with Crippen LogP contribution in [0.1, 0.15) is 58.2 Å². The fourth-order valence-electron chi connectivity index (χ4n) is 5.81. The highest BCUT2D eigenvalue weighted by atomic mass is 32.2. The van der Waals surface area contributed by atoms with E-state index in [4.69, 9.17) is 18.3 Å². The molecule has 0 aliphatic carbocycles. The van der Waals surface area contributed by atoms with Crippen LogP contribution in [-0.2, 0) is 31.0 Å². The zero-order valence-electron chi connectivity index (χ0n) is 31.3. The van der Waals surface area contributed by atoms with Crippen molar-refractivity contribution in [1.29, 1.82) is 0 Å². The maximum absolute atomic E-state index is 14.6. The second kappa shape index (κ2) is 16.4. The van der Waals surface area contributed by atoms with Gasteiger partial charge in [-0.05, 0) is 70.3 Å². The molecule has 268 valence electrons. The smallest absolute Gasteiger partial charge is 0.261 e. The summed E-state index contributed by atoms with van der Waals surface area (Å²) in [7, 11) is -5.22. The minimum absolute atomic E-state index is 0.00558. The summed E-state index contributed by atoms with van der Waals surface area (Å²) in [6.45, 7) is 20.0. The van der Waals surface area contributed by atoms with Crippen molar-refractivity contribution in [3.8, 4) is 11.5 Å². The van der Waals surface area contributed by atoms with Crippen molar-refractivity contribution in [2.24, 2.45) is 0 Å². The van der Waals surface area contributed by atoms with E-state index in [9.17, 15) is 9.32 Å². The Balaban J connectivity index is 1.93. The predicted octanol–water partition coefficient (Wildman–Crippen LogP) is 8.93. The molecule has 0 spiro atoms. The second-order valence-electron chi connectivity index (χ2n) is 15.2. The molecule has 1 unspecified atom stereocenters. The Morgan fingerprint density at radius 1 is 0.800 bits per heavy atom. The first-order chi connectivity index (χ1) is 23.5. The molecule has 9 heteroatoms. The lowest BCUT2D eigenvalue weighted by Crippen LogP contribution is -2.66. The molecule has 0 aliphatic rings. The molecule has 6 nitrogen and oxygen atoms in total. The van der Waals surface area contributed by atoms with Gasteiger partial charge in [0, 0.05) is 23.6 Å². The molecule has 50 heavy (non-hydrogen) atoms. The molecule has 0 bridgehead atoms. The van der Waals surface area contributed by atoms with Gasteiger partial charge in [0.25, 0.3) is 8.32 Å². The molecule has 0 saturated carbocycles. The summed E-state index contributed by atoms with van der Waals surface area (Å²) in [5.41, 5.74) is 2.17. The Labute approximate surface area is 304 Å². The minimum Gasteiger partial charge on any atom is -0.507 e. The van der Waals surface area contributed by atoms with Crippen LogP contribution in [0.25, 0.3) is 4.91 Å². The van der Waals surface area contributed by atoms with Crippen LogP contribution in [-0.4, -0.2) is 46.5 Å². The lowest BCUT2D eigenvalue weighted by Gasteiger charge is -2.43. The monoisotopic (exact) mass is 730 g/mol. The van der Waals surface area contributed by atoms with Gasteiger partial charge >= 0.3 is 0 Å². The van der Waals surface area contributed by atoms with Gasteiger partial charge in [-0.25, -0.2) is 4.21 Å². The zero-order chi connectivity index (χ0) is 36.7. The van der Waals surface area contributed by atoms with Crippen LogP contribution in [0, 0.1) is 6.92 Å². The fourth-order valence-corrected chi connectivity index (χ4v) is 12.6. The third-order valence-corrected chi connectivity index (χ3v) is 20.5. The van der Waals surface area contributed by atoms with E-state index in [1.54, 1.807) is 13.2 Å². The summed E-state index contributed by atoms with van der Waals surface area (Å²) in [5.74, 6) is 0.367. The molecule has 0 radical (unpaired) electrons. The molecular formula is C41H54O6SSi2. The third kappa shape index (κ3) is 8.94. The van der Waals surface area contributed by atoms with Crippen molar-refractivity contribution < 1.29 is 27.6 Å². The lowest BCUT2D eigenvalue weighted by atomic mass is 10.1. The number of phenolic OH excluding ortho intramolecular Hbond substituents is 1. The third-order valence-electron chi connectivity index (χ3n) is 9.58. The Morgan fingerprint density at radius 2 is 1.36 bits per heavy atom. The number of hydrogen-bond donors (Lipinski definition) is 1. The van der Waals surface area contributed by atoms with Gasteiger partial charge in [0.05, 0.1) is 28.9 Å². The molecular weight excluding hydrogens is 677 g/mol. The molecule has 4 aromatic carbocycles. The van der Waals surface area contributed by atoms with Gasteiger partial charge in [-0.15, -0.1) is 0 Å². The quantitative estimate of drug-likeness (QED) is 0.103. The number of aryl methyl sites for hydroxylation is 1. The van der Waals surface area contributed by atoms with Gasteiger partial charge in [-0.3, -0.25) is 0 Å². The van der Waals surface area contributed by atoms with Crippen LogP contribution in [0.2, 0.25) is 23.2 Å². The van der Waals surface area contributed by atoms with Crippen molar-refractivity contribution in [1.82, 2.24) is 0 Å². The molecule has 0 aliphatic heterocycles. The number of hydrogen-bond acceptors (Lipinski definition) is 6. The van der Waals surface area contributed by atoms with Gasteiger partial charge in [0.1, 0.15) is 11.5 Å². The fraction of sp³-hybridized carbons (Fsp3) is 0.366. The summed E-state index contributed by atoms with van der Waals surface area (Å²) < 4.78 is 39.5. The Hall–Kier alpha value is -3.32. The predicted molar refractivity (Wildman–Crippen MR) is 212 cm³/mol. The van der Waals surface area contributed by atoms with Crippen LogP contribution < -0.4 is 15.1 Å². The minimum atomic E-state index is -2.98. The van der Waals surface area contributed by atoms with Gasteiger partial charge < -0.3 is 23.4 Å². The second-order valence-corrected chi connectivity index (χ2v) is 25.8. The summed E-state index contributed by atoms with van der Waals surface area (Å²) in [4.78, 5) is 1.09. The van der Waals surface area contributed by atoms with Gasteiger partial charge in [-0.2, -0.15) is 0 Å². The van der Waals surface area contributed by atoms with Crippen molar-refractivity contribution >= 4 is 42.7 Å². The van der Waals surface area contributed by atoms with Crippen LogP contribution in [0.5, 0.6) is 11.5 Å².